The summed E-state index contributed by atoms with van der Waals surface area (Å²) in [6.45, 7) is 2.18. The Morgan fingerprint density at radius 2 is 1.39 bits per heavy atom. The predicted molar refractivity (Wildman–Crippen MR) is 108 cm³/mol. The lowest BCUT2D eigenvalue weighted by Gasteiger charge is -2.22. The summed E-state index contributed by atoms with van der Waals surface area (Å²) in [5, 5.41) is 0. The van der Waals surface area contributed by atoms with Crippen LogP contribution in [0.5, 0.6) is 0 Å². The van der Waals surface area contributed by atoms with E-state index in [2.05, 4.69) is 59.3 Å². The quantitative estimate of drug-likeness (QED) is 0.675. The van der Waals surface area contributed by atoms with Crippen LogP contribution in [-0.2, 0) is 0 Å². The third-order valence-electron chi connectivity index (χ3n) is 4.08. The normalized spacial score (nSPS) is 14.1. The molecule has 0 radical (unpaired) electrons. The standard InChI is InChI=1S/C18H23BrN2.2ClH/c1-13(14-7-9-16(19)10-8-14)17(20)11-12-18(21)15-5-3-2-4-6-15;;/h2-10,13,17-18H,11-12,20-21H2,1H3;2*1H/t13-,17?,18?;;/m0../s1. The Hall–Kier alpha value is -0.580. The summed E-state index contributed by atoms with van der Waals surface area (Å²) in [5.41, 5.74) is 15.0. The molecule has 0 saturated heterocycles. The molecule has 0 fully saturated rings. The molecule has 0 saturated carbocycles. The molecule has 2 aromatic rings. The second kappa shape index (κ2) is 11.1. The highest BCUT2D eigenvalue weighted by Gasteiger charge is 2.16. The number of nitrogens with two attached hydrogens (primary N) is 2. The molecule has 0 spiro atoms. The minimum Gasteiger partial charge on any atom is -0.327 e. The second-order valence-electron chi connectivity index (χ2n) is 5.60. The summed E-state index contributed by atoms with van der Waals surface area (Å²) < 4.78 is 1.10. The molecule has 2 nitrogen and oxygen atoms in total. The lowest BCUT2D eigenvalue weighted by molar-refractivity contribution is 0.480. The first-order valence-electron chi connectivity index (χ1n) is 7.39. The average molecular weight is 420 g/mol. The van der Waals surface area contributed by atoms with E-state index in [4.69, 9.17) is 11.5 Å². The summed E-state index contributed by atoms with van der Waals surface area (Å²) in [4.78, 5) is 0. The topological polar surface area (TPSA) is 52.0 Å². The Balaban J connectivity index is 0.00000242. The molecule has 0 amide bonds. The Bertz CT molecular complexity index is 549. The van der Waals surface area contributed by atoms with Crippen LogP contribution < -0.4 is 11.5 Å². The van der Waals surface area contributed by atoms with Gasteiger partial charge in [0.1, 0.15) is 0 Å². The minimum absolute atomic E-state index is 0. The van der Waals surface area contributed by atoms with Gasteiger partial charge in [0.2, 0.25) is 0 Å². The van der Waals surface area contributed by atoms with Gasteiger partial charge in [-0.2, -0.15) is 0 Å². The predicted octanol–water partition coefficient (Wildman–Crippen LogP) is 5.20. The van der Waals surface area contributed by atoms with Crippen LogP contribution in [0.25, 0.3) is 0 Å². The lowest BCUT2D eigenvalue weighted by Crippen LogP contribution is -2.28. The van der Waals surface area contributed by atoms with E-state index in [0.717, 1.165) is 17.3 Å². The van der Waals surface area contributed by atoms with Gasteiger partial charge in [-0.3, -0.25) is 0 Å². The zero-order valence-electron chi connectivity index (χ0n) is 13.2. The molecule has 23 heavy (non-hydrogen) atoms. The van der Waals surface area contributed by atoms with Gasteiger partial charge in [-0.25, -0.2) is 0 Å². The third kappa shape index (κ3) is 6.82. The van der Waals surface area contributed by atoms with Crippen LogP contribution in [0, 0.1) is 0 Å². The fourth-order valence-corrected chi connectivity index (χ4v) is 2.77. The molecule has 3 atom stereocenters. The van der Waals surface area contributed by atoms with Crippen LogP contribution >= 0.6 is 40.7 Å². The molecule has 128 valence electrons. The van der Waals surface area contributed by atoms with Crippen LogP contribution in [0.2, 0.25) is 0 Å². The lowest BCUT2D eigenvalue weighted by atomic mass is 9.89. The molecular weight excluding hydrogens is 395 g/mol. The van der Waals surface area contributed by atoms with Crippen LogP contribution in [-0.4, -0.2) is 6.04 Å². The van der Waals surface area contributed by atoms with Crippen molar-refractivity contribution in [2.45, 2.75) is 37.8 Å². The van der Waals surface area contributed by atoms with Gasteiger partial charge in [0.05, 0.1) is 0 Å². The van der Waals surface area contributed by atoms with Gasteiger partial charge in [0.15, 0.2) is 0 Å². The Morgan fingerprint density at radius 1 is 0.826 bits per heavy atom. The van der Waals surface area contributed by atoms with Crippen molar-refractivity contribution in [3.05, 3.63) is 70.2 Å². The number of hydrogen-bond donors (Lipinski definition) is 2. The maximum atomic E-state index is 6.35. The maximum Gasteiger partial charge on any atom is 0.0295 e. The van der Waals surface area contributed by atoms with Crippen molar-refractivity contribution in [3.63, 3.8) is 0 Å². The molecule has 0 heterocycles. The molecule has 4 N–H and O–H groups in total. The second-order valence-corrected chi connectivity index (χ2v) is 6.51. The third-order valence-corrected chi connectivity index (χ3v) is 4.61. The van der Waals surface area contributed by atoms with Crippen LogP contribution in [0.4, 0.5) is 0 Å². The van der Waals surface area contributed by atoms with Crippen molar-refractivity contribution < 1.29 is 0 Å². The van der Waals surface area contributed by atoms with Gasteiger partial charge >= 0.3 is 0 Å². The van der Waals surface area contributed by atoms with Gasteiger partial charge in [-0.15, -0.1) is 24.8 Å². The van der Waals surface area contributed by atoms with Crippen molar-refractivity contribution in [1.82, 2.24) is 0 Å². The van der Waals surface area contributed by atoms with Crippen molar-refractivity contribution in [3.8, 4) is 0 Å². The first-order valence-corrected chi connectivity index (χ1v) is 8.19. The SMILES string of the molecule is C[C@@H](c1ccc(Br)cc1)C(N)CCC(N)c1ccccc1.Cl.Cl. The monoisotopic (exact) mass is 418 g/mol. The Labute approximate surface area is 160 Å². The molecule has 0 aliphatic rings. The molecule has 2 aromatic carbocycles. The summed E-state index contributed by atoms with van der Waals surface area (Å²) >= 11 is 3.46. The first kappa shape index (κ1) is 22.4. The zero-order chi connectivity index (χ0) is 15.2. The molecule has 2 unspecified atom stereocenters. The summed E-state index contributed by atoms with van der Waals surface area (Å²) in [6, 6.07) is 18.8. The molecule has 2 rings (SSSR count). The van der Waals surface area contributed by atoms with E-state index in [1.54, 1.807) is 0 Å². The van der Waals surface area contributed by atoms with Gasteiger partial charge in [0, 0.05) is 16.6 Å². The van der Waals surface area contributed by atoms with E-state index >= 15 is 0 Å². The van der Waals surface area contributed by atoms with E-state index < -0.39 is 0 Å². The Morgan fingerprint density at radius 3 is 1.96 bits per heavy atom. The first-order chi connectivity index (χ1) is 10.1. The number of benzene rings is 2. The fraction of sp³-hybridized carbons (Fsp3) is 0.333. The molecule has 0 aliphatic carbocycles. The summed E-state index contributed by atoms with van der Waals surface area (Å²) in [6.07, 6.45) is 1.83. The minimum atomic E-state index is 0. The van der Waals surface area contributed by atoms with Crippen molar-refractivity contribution in [1.29, 1.82) is 0 Å². The molecule has 0 aromatic heterocycles. The summed E-state index contributed by atoms with van der Waals surface area (Å²) in [7, 11) is 0. The Kier molecular flexibility index (Phi) is 10.8. The summed E-state index contributed by atoms with van der Waals surface area (Å²) in [5.74, 6) is 0.334. The van der Waals surface area contributed by atoms with E-state index in [1.807, 2.05) is 18.2 Å². The van der Waals surface area contributed by atoms with Crippen molar-refractivity contribution in [2.75, 3.05) is 0 Å². The largest absolute Gasteiger partial charge is 0.327 e. The van der Waals surface area contributed by atoms with Gasteiger partial charge < -0.3 is 11.5 Å². The molecule has 5 heteroatoms. The highest BCUT2D eigenvalue weighted by Crippen LogP contribution is 2.24. The van der Waals surface area contributed by atoms with Crippen molar-refractivity contribution in [2.24, 2.45) is 11.5 Å². The van der Waals surface area contributed by atoms with E-state index in [-0.39, 0.29) is 36.9 Å². The van der Waals surface area contributed by atoms with E-state index in [9.17, 15) is 0 Å². The number of hydrogen-bond acceptors (Lipinski definition) is 2. The average Bonchev–Trinajstić information content (AvgIpc) is 2.53. The smallest absolute Gasteiger partial charge is 0.0295 e. The number of rotatable bonds is 6. The zero-order valence-corrected chi connectivity index (χ0v) is 16.4. The highest BCUT2D eigenvalue weighted by atomic mass is 79.9. The molecular formula is C18H25BrCl2N2. The van der Waals surface area contributed by atoms with E-state index in [1.165, 1.54) is 11.1 Å². The van der Waals surface area contributed by atoms with Gasteiger partial charge in [-0.05, 0) is 42.0 Å². The van der Waals surface area contributed by atoms with Crippen LogP contribution in [0.15, 0.2) is 59.1 Å². The van der Waals surface area contributed by atoms with E-state index in [0.29, 0.717) is 5.92 Å². The molecule has 0 bridgehead atoms. The fourth-order valence-electron chi connectivity index (χ4n) is 2.50. The highest BCUT2D eigenvalue weighted by molar-refractivity contribution is 9.10. The van der Waals surface area contributed by atoms with Crippen LogP contribution in [0.1, 0.15) is 42.9 Å². The number of halogens is 3. The maximum absolute atomic E-state index is 6.35. The van der Waals surface area contributed by atoms with Gasteiger partial charge in [-0.1, -0.05) is 65.3 Å². The van der Waals surface area contributed by atoms with Crippen LogP contribution in [0.3, 0.4) is 0 Å². The van der Waals surface area contributed by atoms with Gasteiger partial charge in [0.25, 0.3) is 0 Å². The molecule has 0 aliphatic heterocycles. The van der Waals surface area contributed by atoms with Crippen molar-refractivity contribution >= 4 is 40.7 Å².